The van der Waals surface area contributed by atoms with Gasteiger partial charge >= 0.3 is 0 Å². The molecule has 1 heterocycles. The molecular weight excluding hydrogens is 399 g/mol. The number of benzene rings is 1. The zero-order chi connectivity index (χ0) is 15.8. The molecule has 0 saturated carbocycles. The molecule has 0 aliphatic carbocycles. The van der Waals surface area contributed by atoms with Crippen molar-refractivity contribution in [3.8, 4) is 0 Å². The summed E-state index contributed by atoms with van der Waals surface area (Å²) in [6.45, 7) is 9.88. The van der Waals surface area contributed by atoms with Gasteiger partial charge in [-0.25, -0.2) is 0 Å². The van der Waals surface area contributed by atoms with Crippen molar-refractivity contribution in [3.05, 3.63) is 35.4 Å². The molecule has 1 fully saturated rings. The van der Waals surface area contributed by atoms with E-state index in [0.717, 1.165) is 37.9 Å². The largest absolute Gasteiger partial charge is 0.356 e. The van der Waals surface area contributed by atoms with Gasteiger partial charge in [-0.15, -0.1) is 24.0 Å². The van der Waals surface area contributed by atoms with Crippen LogP contribution in [0.25, 0.3) is 0 Å². The number of rotatable bonds is 6. The molecule has 1 aromatic carbocycles. The highest BCUT2D eigenvalue weighted by molar-refractivity contribution is 14.0. The minimum Gasteiger partial charge on any atom is -0.356 e. The van der Waals surface area contributed by atoms with Crippen molar-refractivity contribution in [1.82, 2.24) is 15.5 Å². The van der Waals surface area contributed by atoms with Crippen molar-refractivity contribution in [2.75, 3.05) is 33.2 Å². The van der Waals surface area contributed by atoms with E-state index < -0.39 is 0 Å². The number of halogens is 1. The molecular formula is C18H31IN4. The third kappa shape index (κ3) is 6.30. The molecule has 2 N–H and O–H groups in total. The van der Waals surface area contributed by atoms with E-state index in [4.69, 9.17) is 0 Å². The highest BCUT2D eigenvalue weighted by Crippen LogP contribution is 2.14. The molecule has 1 aliphatic rings. The lowest BCUT2D eigenvalue weighted by Gasteiger charge is -2.17. The van der Waals surface area contributed by atoms with Crippen molar-refractivity contribution < 1.29 is 0 Å². The Labute approximate surface area is 158 Å². The second-order valence-corrected chi connectivity index (χ2v) is 5.98. The first-order chi connectivity index (χ1) is 10.8. The van der Waals surface area contributed by atoms with Crippen molar-refractivity contribution in [2.45, 2.75) is 33.2 Å². The van der Waals surface area contributed by atoms with E-state index in [2.05, 4.69) is 58.6 Å². The molecule has 0 bridgehead atoms. The summed E-state index contributed by atoms with van der Waals surface area (Å²) in [6.07, 6.45) is 2.36. The van der Waals surface area contributed by atoms with Gasteiger partial charge < -0.3 is 15.5 Å². The van der Waals surface area contributed by atoms with E-state index in [1.165, 1.54) is 30.6 Å². The summed E-state index contributed by atoms with van der Waals surface area (Å²) in [5.74, 6) is 1.64. The Morgan fingerprint density at radius 3 is 2.57 bits per heavy atom. The Kier molecular flexibility index (Phi) is 9.55. The number of nitrogens with zero attached hydrogens (tertiary/aromatic N) is 2. The molecule has 0 radical (unpaired) electrons. The van der Waals surface area contributed by atoms with Crippen molar-refractivity contribution in [1.29, 1.82) is 0 Å². The molecule has 1 atom stereocenters. The van der Waals surface area contributed by atoms with E-state index in [-0.39, 0.29) is 24.0 Å². The van der Waals surface area contributed by atoms with Crippen LogP contribution < -0.4 is 10.6 Å². The second-order valence-electron chi connectivity index (χ2n) is 5.98. The first-order valence-electron chi connectivity index (χ1n) is 8.50. The average Bonchev–Trinajstić information content (AvgIpc) is 3.03. The van der Waals surface area contributed by atoms with E-state index in [1.807, 2.05) is 7.05 Å². The van der Waals surface area contributed by atoms with E-state index in [9.17, 15) is 0 Å². The number of likely N-dealkylation sites (tertiary alicyclic amines) is 1. The number of guanidine groups is 1. The topological polar surface area (TPSA) is 39.7 Å². The molecule has 1 saturated heterocycles. The van der Waals surface area contributed by atoms with E-state index in [1.54, 1.807) is 0 Å². The normalized spacial score (nSPS) is 18.6. The fourth-order valence-electron chi connectivity index (χ4n) is 3.08. The van der Waals surface area contributed by atoms with Gasteiger partial charge in [0.2, 0.25) is 0 Å². The predicted molar refractivity (Wildman–Crippen MR) is 110 cm³/mol. The molecule has 2 rings (SSSR count). The van der Waals surface area contributed by atoms with Gasteiger partial charge in [-0.1, -0.05) is 38.1 Å². The highest BCUT2D eigenvalue weighted by Gasteiger charge is 2.20. The molecule has 0 aromatic heterocycles. The van der Waals surface area contributed by atoms with Crippen LogP contribution in [0.15, 0.2) is 29.3 Å². The number of hydrogen-bond donors (Lipinski definition) is 2. The summed E-state index contributed by atoms with van der Waals surface area (Å²) in [6, 6.07) is 8.60. The molecule has 0 amide bonds. The predicted octanol–water partition coefficient (Wildman–Crippen LogP) is 2.87. The van der Waals surface area contributed by atoms with Gasteiger partial charge in [0.05, 0.1) is 0 Å². The summed E-state index contributed by atoms with van der Waals surface area (Å²) in [7, 11) is 1.84. The molecule has 0 spiro atoms. The molecule has 130 valence electrons. The molecule has 1 aromatic rings. The number of nitrogens with one attached hydrogen (secondary N) is 2. The van der Waals surface area contributed by atoms with Crippen LogP contribution in [0.2, 0.25) is 0 Å². The molecule has 1 unspecified atom stereocenters. The smallest absolute Gasteiger partial charge is 0.191 e. The number of aliphatic imine (C=N–C) groups is 1. The van der Waals surface area contributed by atoms with Gasteiger partial charge in [-0.2, -0.15) is 0 Å². The van der Waals surface area contributed by atoms with Crippen molar-refractivity contribution in [3.63, 3.8) is 0 Å². The molecule has 1 aliphatic heterocycles. The monoisotopic (exact) mass is 430 g/mol. The standard InChI is InChI=1S/C18H30N4.HI/c1-4-16-8-6-7-9-17(16)13-21-18(19-3)20-12-15-10-11-22(5-2)14-15;/h6-9,15H,4-5,10-14H2,1-3H3,(H2,19,20,21);1H. The third-order valence-electron chi connectivity index (χ3n) is 4.54. The fourth-order valence-corrected chi connectivity index (χ4v) is 3.08. The van der Waals surface area contributed by atoms with Crippen LogP contribution in [0.3, 0.4) is 0 Å². The lowest BCUT2D eigenvalue weighted by Crippen LogP contribution is -2.40. The Bertz CT molecular complexity index is 490. The first kappa shape index (κ1) is 20.2. The minimum absolute atomic E-state index is 0. The molecule has 23 heavy (non-hydrogen) atoms. The number of hydrogen-bond acceptors (Lipinski definition) is 2. The summed E-state index contributed by atoms with van der Waals surface area (Å²) in [4.78, 5) is 6.85. The Morgan fingerprint density at radius 2 is 1.96 bits per heavy atom. The van der Waals surface area contributed by atoms with Gasteiger partial charge in [-0.05, 0) is 43.0 Å². The molecule has 5 heteroatoms. The summed E-state index contributed by atoms with van der Waals surface area (Å²) in [5.41, 5.74) is 2.76. The summed E-state index contributed by atoms with van der Waals surface area (Å²) < 4.78 is 0. The maximum atomic E-state index is 4.34. The maximum absolute atomic E-state index is 4.34. The fraction of sp³-hybridized carbons (Fsp3) is 0.611. The zero-order valence-electron chi connectivity index (χ0n) is 14.6. The van der Waals surface area contributed by atoms with Gasteiger partial charge in [0.1, 0.15) is 0 Å². The Balaban J connectivity index is 0.00000264. The quantitative estimate of drug-likeness (QED) is 0.414. The Morgan fingerprint density at radius 1 is 1.22 bits per heavy atom. The van der Waals surface area contributed by atoms with Crippen LogP contribution in [-0.4, -0.2) is 44.1 Å². The van der Waals surface area contributed by atoms with Crippen LogP contribution in [0.5, 0.6) is 0 Å². The highest BCUT2D eigenvalue weighted by atomic mass is 127. The van der Waals surface area contributed by atoms with Crippen molar-refractivity contribution in [2.24, 2.45) is 10.9 Å². The third-order valence-corrected chi connectivity index (χ3v) is 4.54. The Hall–Kier alpha value is -0.820. The number of aryl methyl sites for hydroxylation is 1. The summed E-state index contributed by atoms with van der Waals surface area (Å²) in [5, 5.41) is 6.91. The van der Waals surface area contributed by atoms with Crippen LogP contribution in [-0.2, 0) is 13.0 Å². The van der Waals surface area contributed by atoms with Gasteiger partial charge in [0, 0.05) is 26.7 Å². The van der Waals surface area contributed by atoms with E-state index in [0.29, 0.717) is 0 Å². The van der Waals surface area contributed by atoms with Gasteiger partial charge in [0.15, 0.2) is 5.96 Å². The maximum Gasteiger partial charge on any atom is 0.191 e. The molecule has 4 nitrogen and oxygen atoms in total. The average molecular weight is 430 g/mol. The van der Waals surface area contributed by atoms with E-state index >= 15 is 0 Å². The zero-order valence-corrected chi connectivity index (χ0v) is 17.0. The van der Waals surface area contributed by atoms with Crippen LogP contribution >= 0.6 is 24.0 Å². The van der Waals surface area contributed by atoms with Gasteiger partial charge in [0.25, 0.3) is 0 Å². The van der Waals surface area contributed by atoms with Gasteiger partial charge in [-0.3, -0.25) is 4.99 Å². The minimum atomic E-state index is 0. The van der Waals surface area contributed by atoms with Crippen LogP contribution in [0.4, 0.5) is 0 Å². The first-order valence-corrected chi connectivity index (χ1v) is 8.50. The van der Waals surface area contributed by atoms with Crippen molar-refractivity contribution >= 4 is 29.9 Å². The van der Waals surface area contributed by atoms with Crippen LogP contribution in [0, 0.1) is 5.92 Å². The lowest BCUT2D eigenvalue weighted by molar-refractivity contribution is 0.342. The second kappa shape index (κ2) is 10.9. The van der Waals surface area contributed by atoms with Crippen LogP contribution in [0.1, 0.15) is 31.4 Å². The summed E-state index contributed by atoms with van der Waals surface area (Å²) >= 11 is 0. The lowest BCUT2D eigenvalue weighted by atomic mass is 10.1. The SMILES string of the molecule is CCc1ccccc1CNC(=NC)NCC1CCN(CC)C1.I.